The molecule has 0 aliphatic rings. The Balaban J connectivity index is 2.20. The molecule has 0 fully saturated rings. The second-order valence-corrected chi connectivity index (χ2v) is 5.45. The second kappa shape index (κ2) is 7.42. The quantitative estimate of drug-likeness (QED) is 0.892. The maximum atomic E-state index is 12.7. The van der Waals surface area contributed by atoms with Crippen LogP contribution in [0.25, 0.3) is 0 Å². The van der Waals surface area contributed by atoms with E-state index in [9.17, 15) is 4.79 Å². The average molecular weight is 292 g/mol. The van der Waals surface area contributed by atoms with Crippen LogP contribution in [0.5, 0.6) is 0 Å². The molecule has 0 radical (unpaired) electrons. The van der Waals surface area contributed by atoms with Crippen molar-refractivity contribution in [3.8, 4) is 6.07 Å². The van der Waals surface area contributed by atoms with Gasteiger partial charge in [-0.05, 0) is 35.7 Å². The van der Waals surface area contributed by atoms with Crippen LogP contribution < -0.4 is 5.32 Å². The number of rotatable bonds is 5. The minimum absolute atomic E-state index is 0.00902. The smallest absolute Gasteiger partial charge is 0.232 e. The van der Waals surface area contributed by atoms with Gasteiger partial charge in [0.05, 0.1) is 17.6 Å². The molecule has 0 bridgehead atoms. The molecule has 1 N–H and O–H groups in total. The third-order valence-electron chi connectivity index (χ3n) is 3.94. The molecule has 22 heavy (non-hydrogen) atoms. The number of carbonyl (C=O) groups excluding carboxylic acids is 1. The first-order valence-corrected chi connectivity index (χ1v) is 7.51. The number of nitrogens with zero attached hydrogens (tertiary/aromatic N) is 1. The molecule has 0 aromatic heterocycles. The molecule has 3 nitrogen and oxygen atoms in total. The van der Waals surface area contributed by atoms with Gasteiger partial charge in [0.1, 0.15) is 0 Å². The van der Waals surface area contributed by atoms with Crippen LogP contribution in [0, 0.1) is 17.2 Å². The van der Waals surface area contributed by atoms with Gasteiger partial charge in [0, 0.05) is 5.69 Å². The number of hydrogen-bond donors (Lipinski definition) is 1. The van der Waals surface area contributed by atoms with Gasteiger partial charge in [0.15, 0.2) is 0 Å². The van der Waals surface area contributed by atoms with Crippen molar-refractivity contribution >= 4 is 11.6 Å². The Labute approximate surface area is 131 Å². The topological polar surface area (TPSA) is 52.9 Å². The lowest BCUT2D eigenvalue weighted by atomic mass is 9.85. The van der Waals surface area contributed by atoms with Gasteiger partial charge in [-0.15, -0.1) is 0 Å². The van der Waals surface area contributed by atoms with Crippen molar-refractivity contribution in [2.24, 2.45) is 5.92 Å². The minimum atomic E-state index is -0.179. The van der Waals surface area contributed by atoms with E-state index in [1.54, 1.807) is 24.3 Å². The fourth-order valence-corrected chi connectivity index (χ4v) is 2.48. The monoisotopic (exact) mass is 292 g/mol. The van der Waals surface area contributed by atoms with Crippen LogP contribution in [-0.4, -0.2) is 5.91 Å². The molecule has 3 heteroatoms. The van der Waals surface area contributed by atoms with Crippen molar-refractivity contribution in [2.75, 3.05) is 5.32 Å². The Bertz CT molecular complexity index is 656. The van der Waals surface area contributed by atoms with E-state index in [1.165, 1.54) is 0 Å². The van der Waals surface area contributed by atoms with Crippen molar-refractivity contribution in [1.29, 1.82) is 5.26 Å². The lowest BCUT2D eigenvalue weighted by molar-refractivity contribution is -0.118. The van der Waals surface area contributed by atoms with Gasteiger partial charge < -0.3 is 5.32 Å². The van der Waals surface area contributed by atoms with E-state index in [0.717, 1.165) is 12.0 Å². The normalized spacial score (nSPS) is 13.0. The van der Waals surface area contributed by atoms with Crippen LogP contribution in [0.4, 0.5) is 5.69 Å². The second-order valence-electron chi connectivity index (χ2n) is 5.45. The molecular weight excluding hydrogens is 272 g/mol. The first kappa shape index (κ1) is 15.8. The van der Waals surface area contributed by atoms with Gasteiger partial charge in [-0.25, -0.2) is 0 Å². The third-order valence-corrected chi connectivity index (χ3v) is 3.94. The van der Waals surface area contributed by atoms with Gasteiger partial charge >= 0.3 is 0 Å². The van der Waals surface area contributed by atoms with E-state index >= 15 is 0 Å². The number of hydrogen-bond acceptors (Lipinski definition) is 2. The van der Waals surface area contributed by atoms with Crippen LogP contribution >= 0.6 is 0 Å². The zero-order chi connectivity index (χ0) is 15.9. The molecule has 2 aromatic carbocycles. The van der Waals surface area contributed by atoms with Crippen LogP contribution in [0.1, 0.15) is 37.3 Å². The SMILES string of the molecule is CCC(C)C(C(=O)Nc1ccc(C#N)cc1)c1ccccc1. The Kier molecular flexibility index (Phi) is 5.32. The van der Waals surface area contributed by atoms with Crippen LogP contribution in [0.2, 0.25) is 0 Å². The number of anilines is 1. The van der Waals surface area contributed by atoms with Gasteiger partial charge in [-0.2, -0.15) is 5.26 Å². The summed E-state index contributed by atoms with van der Waals surface area (Å²) < 4.78 is 0. The van der Waals surface area contributed by atoms with E-state index < -0.39 is 0 Å². The van der Waals surface area contributed by atoms with E-state index in [4.69, 9.17) is 5.26 Å². The number of carbonyl (C=O) groups is 1. The Morgan fingerprint density at radius 3 is 2.32 bits per heavy atom. The molecular formula is C19H20N2O. The molecule has 0 aliphatic heterocycles. The Morgan fingerprint density at radius 2 is 1.77 bits per heavy atom. The Morgan fingerprint density at radius 1 is 1.14 bits per heavy atom. The van der Waals surface area contributed by atoms with Crippen molar-refractivity contribution < 1.29 is 4.79 Å². The number of amides is 1. The highest BCUT2D eigenvalue weighted by atomic mass is 16.1. The molecule has 0 spiro atoms. The van der Waals surface area contributed by atoms with Crippen molar-refractivity contribution in [1.82, 2.24) is 0 Å². The summed E-state index contributed by atoms with van der Waals surface area (Å²) in [5.41, 5.74) is 2.33. The molecule has 0 aliphatic carbocycles. The summed E-state index contributed by atoms with van der Waals surface area (Å²) in [4.78, 5) is 12.7. The lowest BCUT2D eigenvalue weighted by Crippen LogP contribution is -2.26. The fraction of sp³-hybridized carbons (Fsp3) is 0.263. The van der Waals surface area contributed by atoms with Gasteiger partial charge in [-0.3, -0.25) is 4.79 Å². The van der Waals surface area contributed by atoms with E-state index in [-0.39, 0.29) is 17.7 Å². The molecule has 0 saturated carbocycles. The first-order valence-electron chi connectivity index (χ1n) is 7.51. The average Bonchev–Trinajstić information content (AvgIpc) is 2.56. The summed E-state index contributed by atoms with van der Waals surface area (Å²) in [6, 6.07) is 18.9. The van der Waals surface area contributed by atoms with Crippen molar-refractivity contribution in [3.63, 3.8) is 0 Å². The van der Waals surface area contributed by atoms with Crippen LogP contribution in [-0.2, 0) is 4.79 Å². The maximum absolute atomic E-state index is 12.7. The third kappa shape index (κ3) is 3.73. The van der Waals surface area contributed by atoms with E-state index in [2.05, 4.69) is 25.2 Å². The standard InChI is InChI=1S/C19H20N2O/c1-3-14(2)18(16-7-5-4-6-8-16)19(22)21-17-11-9-15(13-20)10-12-17/h4-12,14,18H,3H2,1-2H3,(H,21,22). The first-order chi connectivity index (χ1) is 10.7. The molecule has 2 rings (SSSR count). The summed E-state index contributed by atoms with van der Waals surface area (Å²) in [6.07, 6.45) is 0.931. The predicted octanol–water partition coefficient (Wildman–Crippen LogP) is 4.33. The summed E-state index contributed by atoms with van der Waals surface area (Å²) in [6.45, 7) is 4.19. The molecule has 112 valence electrons. The number of nitriles is 1. The number of nitrogens with one attached hydrogen (secondary N) is 1. The van der Waals surface area contributed by atoms with Crippen LogP contribution in [0.15, 0.2) is 54.6 Å². The maximum Gasteiger partial charge on any atom is 0.232 e. The van der Waals surface area contributed by atoms with Crippen LogP contribution in [0.3, 0.4) is 0 Å². The Hall–Kier alpha value is -2.60. The number of benzene rings is 2. The van der Waals surface area contributed by atoms with Crippen molar-refractivity contribution in [2.45, 2.75) is 26.2 Å². The summed E-state index contributed by atoms with van der Waals surface area (Å²) in [7, 11) is 0. The molecule has 2 unspecified atom stereocenters. The molecule has 2 aromatic rings. The zero-order valence-corrected chi connectivity index (χ0v) is 12.9. The predicted molar refractivity (Wildman–Crippen MR) is 88.4 cm³/mol. The summed E-state index contributed by atoms with van der Waals surface area (Å²) in [5, 5.41) is 11.8. The highest BCUT2D eigenvalue weighted by Gasteiger charge is 2.25. The molecule has 1 amide bonds. The molecule has 2 atom stereocenters. The lowest BCUT2D eigenvalue weighted by Gasteiger charge is -2.22. The zero-order valence-electron chi connectivity index (χ0n) is 12.9. The van der Waals surface area contributed by atoms with Crippen molar-refractivity contribution in [3.05, 3.63) is 65.7 Å². The van der Waals surface area contributed by atoms with E-state index in [1.807, 2.05) is 30.3 Å². The fourth-order valence-electron chi connectivity index (χ4n) is 2.48. The molecule has 0 heterocycles. The summed E-state index contributed by atoms with van der Waals surface area (Å²) >= 11 is 0. The highest BCUT2D eigenvalue weighted by Crippen LogP contribution is 2.28. The highest BCUT2D eigenvalue weighted by molar-refractivity contribution is 5.96. The largest absolute Gasteiger partial charge is 0.326 e. The minimum Gasteiger partial charge on any atom is -0.326 e. The van der Waals surface area contributed by atoms with Gasteiger partial charge in [0.2, 0.25) is 5.91 Å². The summed E-state index contributed by atoms with van der Waals surface area (Å²) in [5.74, 6) is 0.0629. The van der Waals surface area contributed by atoms with E-state index in [0.29, 0.717) is 11.3 Å². The van der Waals surface area contributed by atoms with Gasteiger partial charge in [0.25, 0.3) is 0 Å². The molecule has 0 saturated heterocycles. The van der Waals surface area contributed by atoms with Gasteiger partial charge in [-0.1, -0.05) is 50.6 Å².